The highest BCUT2D eigenvalue weighted by molar-refractivity contribution is 5.76. The number of carboxylic acid groups (broad SMARTS) is 1. The minimum Gasteiger partial charge on any atom is -0.481 e. The Morgan fingerprint density at radius 3 is 2.65 bits per heavy atom. The molecule has 1 N–H and O–H groups in total. The molecule has 0 amide bonds. The molecule has 0 aliphatic heterocycles. The molecule has 2 rings (SSSR count). The number of furan rings is 1. The summed E-state index contributed by atoms with van der Waals surface area (Å²) >= 11 is 0. The quantitative estimate of drug-likeness (QED) is 0.853. The summed E-state index contributed by atoms with van der Waals surface area (Å²) in [6.45, 7) is 3.18. The van der Waals surface area contributed by atoms with Crippen molar-refractivity contribution >= 4 is 5.97 Å². The van der Waals surface area contributed by atoms with Crippen molar-refractivity contribution < 1.29 is 14.3 Å². The molecule has 4 nitrogen and oxygen atoms in total. The molecule has 1 heterocycles. The number of aryl methyl sites for hydroxylation is 1. The molecule has 0 unspecified atom stereocenters. The standard InChI is InChI=1S/C13H19NO3/c1-10-4-5-11(17-10)8-14(2)9-13(12(15)16)6-3-7-13/h4-5H,3,6-9H2,1-2H3,(H,15,16). The Balaban J connectivity index is 1.92. The van der Waals surface area contributed by atoms with Gasteiger partial charge in [-0.1, -0.05) is 6.42 Å². The number of hydrogen-bond acceptors (Lipinski definition) is 3. The van der Waals surface area contributed by atoms with E-state index < -0.39 is 11.4 Å². The van der Waals surface area contributed by atoms with Crippen molar-refractivity contribution in [2.75, 3.05) is 13.6 Å². The Labute approximate surface area is 101 Å². The van der Waals surface area contributed by atoms with Crippen molar-refractivity contribution in [1.29, 1.82) is 0 Å². The molecule has 17 heavy (non-hydrogen) atoms. The van der Waals surface area contributed by atoms with Crippen molar-refractivity contribution in [3.63, 3.8) is 0 Å². The minimum absolute atomic E-state index is 0.517. The van der Waals surface area contributed by atoms with Crippen LogP contribution in [0.25, 0.3) is 0 Å². The Kier molecular flexibility index (Phi) is 3.24. The van der Waals surface area contributed by atoms with Crippen molar-refractivity contribution in [3.8, 4) is 0 Å². The van der Waals surface area contributed by atoms with Crippen LogP contribution >= 0.6 is 0 Å². The van der Waals surface area contributed by atoms with Crippen LogP contribution in [0.5, 0.6) is 0 Å². The molecule has 0 bridgehead atoms. The Morgan fingerprint density at radius 2 is 2.24 bits per heavy atom. The molecular weight excluding hydrogens is 218 g/mol. The highest BCUT2D eigenvalue weighted by atomic mass is 16.4. The van der Waals surface area contributed by atoms with Gasteiger partial charge in [-0.15, -0.1) is 0 Å². The lowest BCUT2D eigenvalue weighted by Crippen LogP contribution is -2.46. The first-order valence-electron chi connectivity index (χ1n) is 5.99. The van der Waals surface area contributed by atoms with Crippen LogP contribution < -0.4 is 0 Å². The van der Waals surface area contributed by atoms with Gasteiger partial charge in [0.1, 0.15) is 11.5 Å². The molecule has 0 radical (unpaired) electrons. The SMILES string of the molecule is Cc1ccc(CN(C)CC2(C(=O)O)CCC2)o1. The molecule has 4 heteroatoms. The van der Waals surface area contributed by atoms with Gasteiger partial charge < -0.3 is 9.52 Å². The van der Waals surface area contributed by atoms with Crippen LogP contribution in [0.4, 0.5) is 0 Å². The molecule has 0 aromatic carbocycles. The van der Waals surface area contributed by atoms with Crippen LogP contribution in [-0.4, -0.2) is 29.6 Å². The summed E-state index contributed by atoms with van der Waals surface area (Å²) in [5, 5.41) is 9.25. The predicted octanol–water partition coefficient (Wildman–Crippen LogP) is 2.27. The molecule has 1 aromatic rings. The van der Waals surface area contributed by atoms with E-state index in [-0.39, 0.29) is 0 Å². The third-order valence-corrected chi connectivity index (χ3v) is 3.56. The van der Waals surface area contributed by atoms with Crippen molar-refractivity contribution in [2.24, 2.45) is 5.41 Å². The fraction of sp³-hybridized carbons (Fsp3) is 0.615. The van der Waals surface area contributed by atoms with Crippen molar-refractivity contribution in [1.82, 2.24) is 4.90 Å². The van der Waals surface area contributed by atoms with E-state index in [1.807, 2.05) is 31.0 Å². The van der Waals surface area contributed by atoms with Gasteiger partial charge in [0, 0.05) is 6.54 Å². The zero-order valence-electron chi connectivity index (χ0n) is 10.4. The van der Waals surface area contributed by atoms with Crippen LogP contribution in [0.1, 0.15) is 30.8 Å². The lowest BCUT2D eigenvalue weighted by atomic mass is 9.68. The summed E-state index contributed by atoms with van der Waals surface area (Å²) in [6, 6.07) is 3.87. The van der Waals surface area contributed by atoms with Gasteiger partial charge in [-0.05, 0) is 38.9 Å². The average Bonchev–Trinajstić information content (AvgIpc) is 2.57. The van der Waals surface area contributed by atoms with E-state index in [1.165, 1.54) is 0 Å². The average molecular weight is 237 g/mol. The first-order valence-corrected chi connectivity index (χ1v) is 5.99. The van der Waals surface area contributed by atoms with E-state index in [4.69, 9.17) is 4.42 Å². The van der Waals surface area contributed by atoms with Crippen LogP contribution in [0.2, 0.25) is 0 Å². The second-order valence-electron chi connectivity index (χ2n) is 5.12. The van der Waals surface area contributed by atoms with Crippen LogP contribution in [-0.2, 0) is 11.3 Å². The molecule has 1 saturated carbocycles. The van der Waals surface area contributed by atoms with Gasteiger partial charge in [0.2, 0.25) is 0 Å². The maximum absolute atomic E-state index is 11.2. The smallest absolute Gasteiger partial charge is 0.310 e. The number of rotatable bonds is 5. The summed E-state index contributed by atoms with van der Waals surface area (Å²) in [6.07, 6.45) is 2.62. The minimum atomic E-state index is -0.661. The number of nitrogens with zero attached hydrogens (tertiary/aromatic N) is 1. The van der Waals surface area contributed by atoms with Gasteiger partial charge in [0.15, 0.2) is 0 Å². The second-order valence-corrected chi connectivity index (χ2v) is 5.12. The number of hydrogen-bond donors (Lipinski definition) is 1. The largest absolute Gasteiger partial charge is 0.481 e. The summed E-state index contributed by atoms with van der Waals surface area (Å²) in [5.41, 5.74) is -0.517. The molecule has 0 spiro atoms. The summed E-state index contributed by atoms with van der Waals surface area (Å²) in [5.74, 6) is 1.13. The van der Waals surface area contributed by atoms with Gasteiger partial charge in [-0.3, -0.25) is 9.69 Å². The molecule has 1 aliphatic rings. The van der Waals surface area contributed by atoms with E-state index in [1.54, 1.807) is 0 Å². The highest BCUT2D eigenvalue weighted by Gasteiger charge is 2.44. The molecule has 1 aromatic heterocycles. The maximum atomic E-state index is 11.2. The fourth-order valence-electron chi connectivity index (χ4n) is 2.45. The number of carbonyl (C=O) groups is 1. The monoisotopic (exact) mass is 237 g/mol. The topological polar surface area (TPSA) is 53.7 Å². The third-order valence-electron chi connectivity index (χ3n) is 3.56. The second kappa shape index (κ2) is 4.53. The zero-order chi connectivity index (χ0) is 12.5. The van der Waals surface area contributed by atoms with Gasteiger partial charge in [0.25, 0.3) is 0 Å². The van der Waals surface area contributed by atoms with Gasteiger partial charge >= 0.3 is 5.97 Å². The molecule has 0 saturated heterocycles. The van der Waals surface area contributed by atoms with Crippen molar-refractivity contribution in [3.05, 3.63) is 23.7 Å². The van der Waals surface area contributed by atoms with E-state index in [9.17, 15) is 9.90 Å². The molecule has 1 fully saturated rings. The maximum Gasteiger partial charge on any atom is 0.310 e. The highest BCUT2D eigenvalue weighted by Crippen LogP contribution is 2.41. The third kappa shape index (κ3) is 2.52. The molecule has 0 atom stereocenters. The normalized spacial score (nSPS) is 18.1. The van der Waals surface area contributed by atoms with E-state index >= 15 is 0 Å². The lowest BCUT2D eigenvalue weighted by molar-refractivity contribution is -0.156. The summed E-state index contributed by atoms with van der Waals surface area (Å²) in [7, 11) is 1.95. The van der Waals surface area contributed by atoms with Gasteiger partial charge in [-0.25, -0.2) is 0 Å². The van der Waals surface area contributed by atoms with Crippen LogP contribution in [0.15, 0.2) is 16.5 Å². The zero-order valence-corrected chi connectivity index (χ0v) is 10.4. The van der Waals surface area contributed by atoms with E-state index in [2.05, 4.69) is 0 Å². The van der Waals surface area contributed by atoms with Crippen LogP contribution in [0.3, 0.4) is 0 Å². The van der Waals surface area contributed by atoms with Crippen LogP contribution in [0, 0.1) is 12.3 Å². The molecular formula is C13H19NO3. The summed E-state index contributed by atoms with van der Waals surface area (Å²) < 4.78 is 5.49. The van der Waals surface area contributed by atoms with Gasteiger partial charge in [-0.2, -0.15) is 0 Å². The lowest BCUT2D eigenvalue weighted by Gasteiger charge is -2.40. The molecule has 94 valence electrons. The molecule has 1 aliphatic carbocycles. The first-order chi connectivity index (χ1) is 8.02. The van der Waals surface area contributed by atoms with Crippen molar-refractivity contribution in [2.45, 2.75) is 32.7 Å². The van der Waals surface area contributed by atoms with Gasteiger partial charge in [0.05, 0.1) is 12.0 Å². The first kappa shape index (κ1) is 12.2. The van der Waals surface area contributed by atoms with E-state index in [0.29, 0.717) is 13.1 Å². The fourth-order valence-corrected chi connectivity index (χ4v) is 2.45. The summed E-state index contributed by atoms with van der Waals surface area (Å²) in [4.78, 5) is 13.3. The number of aliphatic carboxylic acids is 1. The Bertz CT molecular complexity index is 407. The Morgan fingerprint density at radius 1 is 1.53 bits per heavy atom. The predicted molar refractivity (Wildman–Crippen MR) is 63.7 cm³/mol. The number of carboxylic acids is 1. The van der Waals surface area contributed by atoms with E-state index in [0.717, 1.165) is 30.8 Å². The Hall–Kier alpha value is -1.29.